The van der Waals surface area contributed by atoms with Gasteiger partial charge in [0.15, 0.2) is 11.5 Å². The number of hydrogen-bond acceptors (Lipinski definition) is 5. The average Bonchev–Trinajstić information content (AvgIpc) is 2.71. The van der Waals surface area contributed by atoms with Gasteiger partial charge in [-0.1, -0.05) is 0 Å². The predicted molar refractivity (Wildman–Crippen MR) is 64.1 cm³/mol. The van der Waals surface area contributed by atoms with E-state index in [0.717, 1.165) is 12.1 Å². The Kier molecular flexibility index (Phi) is 4.66. The van der Waals surface area contributed by atoms with Crippen molar-refractivity contribution in [3.8, 4) is 11.5 Å². The van der Waals surface area contributed by atoms with Gasteiger partial charge in [0.25, 0.3) is 5.69 Å². The normalized spacial score (nSPS) is 14.6. The molecule has 0 saturated carbocycles. The van der Waals surface area contributed by atoms with Gasteiger partial charge in [0.1, 0.15) is 0 Å². The zero-order chi connectivity index (χ0) is 14.2. The van der Waals surface area contributed by atoms with Crippen molar-refractivity contribution in [1.82, 2.24) is 0 Å². The van der Waals surface area contributed by atoms with Gasteiger partial charge in [-0.2, -0.15) is 13.2 Å². The first-order valence-electron chi connectivity index (χ1n) is 5.18. The number of benzene rings is 1. The standard InChI is InChI=1S/C10H9F3N2O4.ClH/c11-10(12,13)3-6(14)5-1-8-9(19-4-18-8)2-7(5)15(16)17;/h1-2,6H,3-4,14H2;1H/t6-;/m1./s1. The van der Waals surface area contributed by atoms with Crippen LogP contribution in [-0.4, -0.2) is 17.9 Å². The quantitative estimate of drug-likeness (QED) is 0.684. The molecule has 0 aliphatic carbocycles. The molecule has 1 aromatic rings. The minimum absolute atomic E-state index is 0. The lowest BCUT2D eigenvalue weighted by Crippen LogP contribution is -2.21. The van der Waals surface area contributed by atoms with E-state index in [0.29, 0.717) is 0 Å². The van der Waals surface area contributed by atoms with E-state index in [1.807, 2.05) is 0 Å². The molecule has 0 spiro atoms. The lowest BCUT2D eigenvalue weighted by atomic mass is 10.0. The van der Waals surface area contributed by atoms with E-state index >= 15 is 0 Å². The molecule has 0 radical (unpaired) electrons. The van der Waals surface area contributed by atoms with Gasteiger partial charge in [-0.05, 0) is 6.07 Å². The molecule has 112 valence electrons. The highest BCUT2D eigenvalue weighted by molar-refractivity contribution is 5.85. The number of nitrogens with zero attached hydrogens (tertiary/aromatic N) is 1. The molecule has 1 aromatic carbocycles. The second-order valence-electron chi connectivity index (χ2n) is 3.95. The molecule has 0 saturated heterocycles. The van der Waals surface area contributed by atoms with Crippen molar-refractivity contribution in [2.24, 2.45) is 5.73 Å². The van der Waals surface area contributed by atoms with Crippen molar-refractivity contribution in [2.45, 2.75) is 18.6 Å². The van der Waals surface area contributed by atoms with Gasteiger partial charge in [0.2, 0.25) is 6.79 Å². The third-order valence-electron chi connectivity index (χ3n) is 2.57. The molecule has 1 aliphatic rings. The summed E-state index contributed by atoms with van der Waals surface area (Å²) < 4.78 is 46.8. The van der Waals surface area contributed by atoms with Gasteiger partial charge in [0, 0.05) is 6.04 Å². The van der Waals surface area contributed by atoms with Crippen LogP contribution in [0.2, 0.25) is 0 Å². The smallest absolute Gasteiger partial charge is 0.390 e. The average molecular weight is 315 g/mol. The minimum Gasteiger partial charge on any atom is -0.454 e. The number of alkyl halides is 3. The Morgan fingerprint density at radius 3 is 2.40 bits per heavy atom. The van der Waals surface area contributed by atoms with Gasteiger partial charge in [-0.3, -0.25) is 10.1 Å². The van der Waals surface area contributed by atoms with Gasteiger partial charge in [0.05, 0.1) is 23.0 Å². The van der Waals surface area contributed by atoms with Crippen LogP contribution < -0.4 is 15.2 Å². The van der Waals surface area contributed by atoms with Crippen LogP contribution in [0.15, 0.2) is 12.1 Å². The number of nitrogens with two attached hydrogens (primary N) is 1. The molecule has 1 aliphatic heterocycles. The topological polar surface area (TPSA) is 87.6 Å². The zero-order valence-corrected chi connectivity index (χ0v) is 10.7. The largest absolute Gasteiger partial charge is 0.454 e. The number of halogens is 4. The Morgan fingerprint density at radius 2 is 1.90 bits per heavy atom. The maximum atomic E-state index is 12.3. The third-order valence-corrected chi connectivity index (χ3v) is 2.57. The summed E-state index contributed by atoms with van der Waals surface area (Å²) in [5.74, 6) is 0.271. The van der Waals surface area contributed by atoms with Crippen molar-refractivity contribution >= 4 is 18.1 Å². The second-order valence-corrected chi connectivity index (χ2v) is 3.95. The zero-order valence-electron chi connectivity index (χ0n) is 9.85. The Balaban J connectivity index is 0.00000200. The first-order valence-corrected chi connectivity index (χ1v) is 5.18. The summed E-state index contributed by atoms with van der Waals surface area (Å²) in [6, 6.07) is 0.611. The predicted octanol–water partition coefficient (Wildman–Crippen LogP) is 2.70. The summed E-state index contributed by atoms with van der Waals surface area (Å²) in [5, 5.41) is 10.9. The monoisotopic (exact) mass is 314 g/mol. The fourth-order valence-electron chi connectivity index (χ4n) is 1.76. The maximum Gasteiger partial charge on any atom is 0.390 e. The fourth-order valence-corrected chi connectivity index (χ4v) is 1.76. The molecule has 6 nitrogen and oxygen atoms in total. The molecule has 0 fully saturated rings. The molecule has 1 heterocycles. The van der Waals surface area contributed by atoms with Crippen LogP contribution in [0.4, 0.5) is 18.9 Å². The number of nitro benzene ring substituents is 1. The Bertz CT molecular complexity index is 524. The Morgan fingerprint density at radius 1 is 1.35 bits per heavy atom. The summed E-state index contributed by atoms with van der Waals surface area (Å²) in [6.07, 6.45) is -5.86. The molecule has 2 N–H and O–H groups in total. The molecule has 0 bridgehead atoms. The van der Waals surface area contributed by atoms with Gasteiger partial charge in [-0.15, -0.1) is 12.4 Å². The maximum absolute atomic E-state index is 12.3. The first-order chi connectivity index (χ1) is 8.78. The summed E-state index contributed by atoms with van der Waals surface area (Å²) in [7, 11) is 0. The molecule has 0 amide bonds. The van der Waals surface area contributed by atoms with E-state index in [-0.39, 0.29) is 36.3 Å². The molecule has 0 aromatic heterocycles. The van der Waals surface area contributed by atoms with Crippen molar-refractivity contribution in [2.75, 3.05) is 6.79 Å². The van der Waals surface area contributed by atoms with Crippen LogP contribution >= 0.6 is 12.4 Å². The van der Waals surface area contributed by atoms with Gasteiger partial charge in [-0.25, -0.2) is 0 Å². The molecular weight excluding hydrogens is 305 g/mol. The molecule has 1 atom stereocenters. The number of nitro groups is 1. The van der Waals surface area contributed by atoms with Crippen molar-refractivity contribution < 1.29 is 27.6 Å². The third kappa shape index (κ3) is 3.42. The van der Waals surface area contributed by atoms with Crippen LogP contribution in [0.3, 0.4) is 0 Å². The fraction of sp³-hybridized carbons (Fsp3) is 0.400. The highest BCUT2D eigenvalue weighted by Gasteiger charge is 2.35. The second kappa shape index (κ2) is 5.71. The van der Waals surface area contributed by atoms with E-state index < -0.39 is 29.2 Å². The van der Waals surface area contributed by atoms with Gasteiger partial charge < -0.3 is 15.2 Å². The summed E-state index contributed by atoms with van der Waals surface area (Å²) in [6.45, 7) is -0.134. The van der Waals surface area contributed by atoms with Crippen LogP contribution in [0.25, 0.3) is 0 Å². The van der Waals surface area contributed by atoms with Crippen LogP contribution in [0.5, 0.6) is 11.5 Å². The van der Waals surface area contributed by atoms with E-state index in [1.54, 1.807) is 0 Å². The lowest BCUT2D eigenvalue weighted by molar-refractivity contribution is -0.385. The van der Waals surface area contributed by atoms with Crippen LogP contribution in [0, 0.1) is 10.1 Å². The summed E-state index contributed by atoms with van der Waals surface area (Å²) in [5.41, 5.74) is 4.65. The van der Waals surface area contributed by atoms with Crippen molar-refractivity contribution in [3.63, 3.8) is 0 Å². The van der Waals surface area contributed by atoms with E-state index in [4.69, 9.17) is 15.2 Å². The van der Waals surface area contributed by atoms with Crippen molar-refractivity contribution in [1.29, 1.82) is 0 Å². The Labute approximate surface area is 117 Å². The van der Waals surface area contributed by atoms with Crippen LogP contribution in [-0.2, 0) is 0 Å². The number of ether oxygens (including phenoxy) is 2. The number of fused-ring (bicyclic) bond motifs is 1. The highest BCUT2D eigenvalue weighted by atomic mass is 35.5. The Hall–Kier alpha value is -1.74. The molecule has 2 rings (SSSR count). The molecule has 0 unspecified atom stereocenters. The molecule has 20 heavy (non-hydrogen) atoms. The molecular formula is C10H10ClF3N2O4. The van der Waals surface area contributed by atoms with Gasteiger partial charge >= 0.3 is 6.18 Å². The van der Waals surface area contributed by atoms with E-state index in [1.165, 1.54) is 0 Å². The van der Waals surface area contributed by atoms with Crippen LogP contribution in [0.1, 0.15) is 18.0 Å². The molecule has 10 heteroatoms. The van der Waals surface area contributed by atoms with E-state index in [9.17, 15) is 23.3 Å². The lowest BCUT2D eigenvalue weighted by Gasteiger charge is -2.15. The highest BCUT2D eigenvalue weighted by Crippen LogP contribution is 2.41. The number of rotatable bonds is 3. The minimum atomic E-state index is -4.51. The number of hydrogen-bond donors (Lipinski definition) is 1. The van der Waals surface area contributed by atoms with Crippen molar-refractivity contribution in [3.05, 3.63) is 27.8 Å². The summed E-state index contributed by atoms with van der Waals surface area (Å²) >= 11 is 0. The van der Waals surface area contributed by atoms with E-state index in [2.05, 4.69) is 0 Å². The SMILES string of the molecule is Cl.N[C@H](CC(F)(F)F)c1cc2c(cc1[N+](=O)[O-])OCO2. The first kappa shape index (κ1) is 16.3. The summed E-state index contributed by atoms with van der Waals surface area (Å²) in [4.78, 5) is 10.1.